The highest BCUT2D eigenvalue weighted by Crippen LogP contribution is 2.33. The number of nitrogens with zero attached hydrogens (tertiary/aromatic N) is 1. The molecule has 1 aliphatic rings. The van der Waals surface area contributed by atoms with Crippen LogP contribution in [0.2, 0.25) is 0 Å². The minimum atomic E-state index is -0.624. The summed E-state index contributed by atoms with van der Waals surface area (Å²) in [6.45, 7) is 6.08. The lowest BCUT2D eigenvalue weighted by Gasteiger charge is -2.19. The van der Waals surface area contributed by atoms with Crippen molar-refractivity contribution in [3.63, 3.8) is 0 Å². The van der Waals surface area contributed by atoms with Gasteiger partial charge in [0.05, 0.1) is 18.2 Å². The second-order valence-electron chi connectivity index (χ2n) is 7.26. The average molecular weight is 410 g/mol. The van der Waals surface area contributed by atoms with Crippen LogP contribution in [0.3, 0.4) is 0 Å². The van der Waals surface area contributed by atoms with E-state index in [0.29, 0.717) is 23.7 Å². The molecule has 0 bridgehead atoms. The highest BCUT2D eigenvalue weighted by atomic mass is 16.5. The number of nitrogens with one attached hydrogen (secondary N) is 1. The molecule has 0 aliphatic carbocycles. The standard InChI is InChI=1S/C23H26N2O5/c1-4-29-20-8-6-5-7-19(20)25-13-17(12-22(25)27)23(28)30-14-21(26)24-18-10-9-15(2)16(3)11-18/h5-11,17H,4,12-14H2,1-3H3,(H,24,26)/t17-/m1/s1. The van der Waals surface area contributed by atoms with Crippen molar-refractivity contribution in [1.29, 1.82) is 0 Å². The van der Waals surface area contributed by atoms with E-state index in [2.05, 4.69) is 5.32 Å². The fourth-order valence-corrected chi connectivity index (χ4v) is 3.33. The van der Waals surface area contributed by atoms with E-state index in [1.807, 2.05) is 45.0 Å². The first-order valence-corrected chi connectivity index (χ1v) is 9.95. The van der Waals surface area contributed by atoms with E-state index in [4.69, 9.17) is 9.47 Å². The number of para-hydroxylation sites is 2. The molecule has 1 saturated heterocycles. The molecule has 7 heteroatoms. The lowest BCUT2D eigenvalue weighted by molar-refractivity contribution is -0.151. The zero-order chi connectivity index (χ0) is 21.7. The minimum Gasteiger partial charge on any atom is -0.492 e. The van der Waals surface area contributed by atoms with Crippen LogP contribution in [0.25, 0.3) is 0 Å². The van der Waals surface area contributed by atoms with Crippen LogP contribution in [0.5, 0.6) is 5.75 Å². The number of esters is 1. The predicted octanol–water partition coefficient (Wildman–Crippen LogP) is 3.24. The van der Waals surface area contributed by atoms with Gasteiger partial charge in [-0.15, -0.1) is 0 Å². The van der Waals surface area contributed by atoms with Crippen molar-refractivity contribution in [2.24, 2.45) is 5.92 Å². The van der Waals surface area contributed by atoms with Crippen molar-refractivity contribution in [1.82, 2.24) is 0 Å². The summed E-state index contributed by atoms with van der Waals surface area (Å²) in [5.74, 6) is -1.19. The SMILES string of the molecule is CCOc1ccccc1N1C[C@H](C(=O)OCC(=O)Nc2ccc(C)c(C)c2)CC1=O. The zero-order valence-electron chi connectivity index (χ0n) is 17.4. The summed E-state index contributed by atoms with van der Waals surface area (Å²) in [4.78, 5) is 38.5. The quantitative estimate of drug-likeness (QED) is 0.709. The Hall–Kier alpha value is -3.35. The second-order valence-corrected chi connectivity index (χ2v) is 7.26. The molecule has 7 nitrogen and oxygen atoms in total. The van der Waals surface area contributed by atoms with E-state index in [0.717, 1.165) is 11.1 Å². The van der Waals surface area contributed by atoms with E-state index in [1.165, 1.54) is 4.90 Å². The van der Waals surface area contributed by atoms with Gasteiger partial charge in [0, 0.05) is 18.7 Å². The van der Waals surface area contributed by atoms with Crippen molar-refractivity contribution in [2.45, 2.75) is 27.2 Å². The Morgan fingerprint density at radius 2 is 1.90 bits per heavy atom. The van der Waals surface area contributed by atoms with E-state index < -0.39 is 24.4 Å². The van der Waals surface area contributed by atoms with Crippen LogP contribution in [-0.4, -0.2) is 37.5 Å². The first-order valence-electron chi connectivity index (χ1n) is 9.95. The first kappa shape index (κ1) is 21.4. The molecule has 1 atom stereocenters. The number of anilines is 2. The van der Waals surface area contributed by atoms with Gasteiger partial charge in [0.25, 0.3) is 5.91 Å². The predicted molar refractivity (Wildman–Crippen MR) is 114 cm³/mol. The molecule has 3 rings (SSSR count). The molecule has 1 aliphatic heterocycles. The van der Waals surface area contributed by atoms with Gasteiger partial charge in [-0.1, -0.05) is 18.2 Å². The number of hydrogen-bond donors (Lipinski definition) is 1. The van der Waals surface area contributed by atoms with Crippen molar-refractivity contribution in [3.05, 3.63) is 53.6 Å². The molecule has 0 aromatic heterocycles. The van der Waals surface area contributed by atoms with Gasteiger partial charge < -0.3 is 19.7 Å². The average Bonchev–Trinajstić information content (AvgIpc) is 3.11. The number of benzene rings is 2. The summed E-state index contributed by atoms with van der Waals surface area (Å²) < 4.78 is 10.7. The van der Waals surface area contributed by atoms with Crippen LogP contribution in [0, 0.1) is 19.8 Å². The van der Waals surface area contributed by atoms with E-state index in [9.17, 15) is 14.4 Å². The Kier molecular flexibility index (Phi) is 6.72. The molecular weight excluding hydrogens is 384 g/mol. The minimum absolute atomic E-state index is 0.0398. The third kappa shape index (κ3) is 4.97. The van der Waals surface area contributed by atoms with Gasteiger partial charge in [0.2, 0.25) is 5.91 Å². The maximum Gasteiger partial charge on any atom is 0.311 e. The van der Waals surface area contributed by atoms with Crippen LogP contribution in [0.15, 0.2) is 42.5 Å². The fraction of sp³-hybridized carbons (Fsp3) is 0.348. The Morgan fingerprint density at radius 3 is 2.63 bits per heavy atom. The van der Waals surface area contributed by atoms with Gasteiger partial charge in [-0.25, -0.2) is 0 Å². The number of carbonyl (C=O) groups is 3. The van der Waals surface area contributed by atoms with Crippen LogP contribution in [-0.2, 0) is 19.1 Å². The Balaban J connectivity index is 1.56. The van der Waals surface area contributed by atoms with Gasteiger partial charge in [0.1, 0.15) is 5.75 Å². The van der Waals surface area contributed by atoms with Gasteiger partial charge in [-0.2, -0.15) is 0 Å². The largest absolute Gasteiger partial charge is 0.492 e. The Labute approximate surface area is 176 Å². The number of hydrogen-bond acceptors (Lipinski definition) is 5. The Morgan fingerprint density at radius 1 is 1.13 bits per heavy atom. The molecule has 1 heterocycles. The lowest BCUT2D eigenvalue weighted by Crippen LogP contribution is -2.28. The third-order valence-electron chi connectivity index (χ3n) is 5.05. The molecule has 2 amide bonds. The summed E-state index contributed by atoms with van der Waals surface area (Å²) in [5.41, 5.74) is 3.46. The molecule has 0 spiro atoms. The Bertz CT molecular complexity index is 956. The lowest BCUT2D eigenvalue weighted by atomic mass is 10.1. The second kappa shape index (κ2) is 9.43. The highest BCUT2D eigenvalue weighted by Gasteiger charge is 2.37. The monoisotopic (exact) mass is 410 g/mol. The highest BCUT2D eigenvalue weighted by molar-refractivity contribution is 6.01. The molecule has 2 aromatic rings. The number of ether oxygens (including phenoxy) is 2. The van der Waals surface area contributed by atoms with E-state index in [-0.39, 0.29) is 18.9 Å². The van der Waals surface area contributed by atoms with Crippen LogP contribution in [0.4, 0.5) is 11.4 Å². The summed E-state index contributed by atoms with van der Waals surface area (Å²) in [5, 5.41) is 2.71. The molecule has 0 radical (unpaired) electrons. The van der Waals surface area contributed by atoms with Crippen LogP contribution < -0.4 is 15.0 Å². The van der Waals surface area contributed by atoms with E-state index >= 15 is 0 Å². The number of carbonyl (C=O) groups excluding carboxylic acids is 3. The molecular formula is C23H26N2O5. The van der Waals surface area contributed by atoms with Crippen molar-refractivity contribution in [2.75, 3.05) is 30.0 Å². The van der Waals surface area contributed by atoms with Gasteiger partial charge in [0.15, 0.2) is 6.61 Å². The maximum absolute atomic E-state index is 12.5. The third-order valence-corrected chi connectivity index (χ3v) is 5.05. The summed E-state index contributed by atoms with van der Waals surface area (Å²) in [6.07, 6.45) is 0.0398. The van der Waals surface area contributed by atoms with Crippen LogP contribution >= 0.6 is 0 Å². The summed E-state index contributed by atoms with van der Waals surface area (Å²) >= 11 is 0. The molecule has 158 valence electrons. The van der Waals surface area contributed by atoms with Crippen molar-refractivity contribution >= 4 is 29.2 Å². The van der Waals surface area contributed by atoms with Gasteiger partial charge in [-0.3, -0.25) is 14.4 Å². The van der Waals surface area contributed by atoms with Crippen molar-refractivity contribution in [3.8, 4) is 5.75 Å². The number of amides is 2. The molecule has 0 unspecified atom stereocenters. The molecule has 1 fully saturated rings. The zero-order valence-corrected chi connectivity index (χ0v) is 17.4. The molecule has 2 aromatic carbocycles. The first-order chi connectivity index (χ1) is 14.4. The maximum atomic E-state index is 12.5. The number of aryl methyl sites for hydroxylation is 2. The summed E-state index contributed by atoms with van der Waals surface area (Å²) in [6, 6.07) is 12.8. The molecule has 0 saturated carbocycles. The van der Waals surface area contributed by atoms with E-state index in [1.54, 1.807) is 18.2 Å². The van der Waals surface area contributed by atoms with Gasteiger partial charge in [-0.05, 0) is 56.2 Å². The molecule has 1 N–H and O–H groups in total. The summed E-state index contributed by atoms with van der Waals surface area (Å²) in [7, 11) is 0. The molecule has 30 heavy (non-hydrogen) atoms. The smallest absolute Gasteiger partial charge is 0.311 e. The van der Waals surface area contributed by atoms with Gasteiger partial charge >= 0.3 is 5.97 Å². The topological polar surface area (TPSA) is 84.9 Å². The van der Waals surface area contributed by atoms with Crippen LogP contribution in [0.1, 0.15) is 24.5 Å². The normalized spacial score (nSPS) is 15.8. The fourth-order valence-electron chi connectivity index (χ4n) is 3.33. The number of rotatable bonds is 7. The van der Waals surface area contributed by atoms with Crippen molar-refractivity contribution < 1.29 is 23.9 Å².